The van der Waals surface area contributed by atoms with Crippen LogP contribution >= 0.6 is 35.6 Å². The molecule has 0 radical (unpaired) electrons. The molecule has 1 saturated heterocycles. The molecule has 5 rings (SSSR count). The molecule has 1 aliphatic rings. The fourth-order valence-corrected chi connectivity index (χ4v) is 5.43. The Morgan fingerprint density at radius 1 is 1.12 bits per heavy atom. The number of aromatic nitrogens is 3. The molecule has 1 aliphatic heterocycles. The van der Waals surface area contributed by atoms with E-state index < -0.39 is 11.7 Å². The maximum absolute atomic E-state index is 12.8. The van der Waals surface area contributed by atoms with Crippen LogP contribution in [0.3, 0.4) is 0 Å². The molecule has 220 valence electrons. The first kappa shape index (κ1) is 30.4. The molecule has 2 heterocycles. The van der Waals surface area contributed by atoms with Gasteiger partial charge in [-0.2, -0.15) is 23.3 Å². The van der Waals surface area contributed by atoms with Crippen LogP contribution in [0.5, 0.6) is 0 Å². The van der Waals surface area contributed by atoms with E-state index in [0.717, 1.165) is 23.3 Å². The highest BCUT2D eigenvalue weighted by Crippen LogP contribution is 2.35. The van der Waals surface area contributed by atoms with Gasteiger partial charge in [0.2, 0.25) is 11.0 Å². The fourth-order valence-electron chi connectivity index (χ4n) is 4.20. The van der Waals surface area contributed by atoms with Crippen LogP contribution in [0.25, 0.3) is 17.1 Å². The second-order valence-corrected chi connectivity index (χ2v) is 11.4. The number of thiocarbonyl (C=S) groups is 1. The zero-order valence-corrected chi connectivity index (χ0v) is 25.1. The van der Waals surface area contributed by atoms with Gasteiger partial charge < -0.3 is 0 Å². The molecule has 43 heavy (non-hydrogen) atoms. The highest BCUT2D eigenvalue weighted by atomic mass is 35.5. The number of alkyl halides is 3. The first-order chi connectivity index (χ1) is 20.5. The zero-order valence-electron chi connectivity index (χ0n) is 22.7. The number of thioether (sulfide) groups is 1. The number of anilines is 1. The van der Waals surface area contributed by atoms with Crippen molar-refractivity contribution < 1.29 is 18.0 Å². The highest BCUT2D eigenvalue weighted by molar-refractivity contribution is 8.15. The molecule has 1 aromatic heterocycles. The lowest BCUT2D eigenvalue weighted by atomic mass is 10.0. The molecule has 0 unspecified atom stereocenters. The average Bonchev–Trinajstić information content (AvgIpc) is 3.60. The van der Waals surface area contributed by atoms with Gasteiger partial charge in [-0.25, -0.2) is 9.67 Å². The van der Waals surface area contributed by atoms with Crippen LogP contribution in [0.2, 0.25) is 5.02 Å². The van der Waals surface area contributed by atoms with Crippen molar-refractivity contribution in [1.29, 1.82) is 0 Å². The van der Waals surface area contributed by atoms with Crippen molar-refractivity contribution in [3.05, 3.63) is 94.8 Å². The van der Waals surface area contributed by atoms with Crippen molar-refractivity contribution in [2.45, 2.75) is 25.9 Å². The number of amides is 1. The van der Waals surface area contributed by atoms with Gasteiger partial charge in [0.25, 0.3) is 0 Å². The van der Waals surface area contributed by atoms with Gasteiger partial charge in [0.1, 0.15) is 6.33 Å². The fraction of sp³-hybridized carbons (Fsp3) is 0.172. The Labute approximate surface area is 259 Å². The van der Waals surface area contributed by atoms with E-state index in [1.54, 1.807) is 42.6 Å². The molecular formula is C29H23ClF3N7OS2. The average molecular weight is 642 g/mol. The summed E-state index contributed by atoms with van der Waals surface area (Å²) in [5.74, 6) is 0.696. The third kappa shape index (κ3) is 7.12. The number of hydrogen-bond acceptors (Lipinski definition) is 6. The first-order valence-electron chi connectivity index (χ1n) is 12.9. The Morgan fingerprint density at radius 3 is 2.51 bits per heavy atom. The third-order valence-electron chi connectivity index (χ3n) is 6.31. The minimum Gasteiger partial charge on any atom is -0.273 e. The minimum atomic E-state index is -4.41. The number of carbonyl (C=O) groups is 1. The molecule has 0 atom stereocenters. The van der Waals surface area contributed by atoms with Crippen molar-refractivity contribution in [3.63, 3.8) is 0 Å². The summed E-state index contributed by atoms with van der Waals surface area (Å²) in [6.45, 7) is 4.08. The Balaban J connectivity index is 1.23. The smallest absolute Gasteiger partial charge is 0.273 e. The van der Waals surface area contributed by atoms with Crippen molar-refractivity contribution >= 4 is 63.7 Å². The summed E-state index contributed by atoms with van der Waals surface area (Å²) in [4.78, 5) is 23.0. The van der Waals surface area contributed by atoms with Gasteiger partial charge in [-0.3, -0.25) is 15.1 Å². The molecule has 1 amide bonds. The number of aliphatic imine (C=N–C) groups is 1. The largest absolute Gasteiger partial charge is 0.416 e. The van der Waals surface area contributed by atoms with Gasteiger partial charge in [-0.05, 0) is 65.7 Å². The molecule has 0 saturated carbocycles. The number of nitrogens with zero attached hydrogens (tertiary/aromatic N) is 6. The van der Waals surface area contributed by atoms with E-state index in [4.69, 9.17) is 23.8 Å². The third-order valence-corrected chi connectivity index (χ3v) is 7.65. The van der Waals surface area contributed by atoms with Crippen LogP contribution in [-0.4, -0.2) is 42.9 Å². The molecule has 8 nitrogen and oxygen atoms in total. The van der Waals surface area contributed by atoms with Crippen LogP contribution in [0.15, 0.2) is 83.2 Å². The highest BCUT2D eigenvalue weighted by Gasteiger charge is 2.32. The number of carbonyl (C=O) groups excluding carboxylic acids is 1. The van der Waals surface area contributed by atoms with Crippen molar-refractivity contribution in [1.82, 2.24) is 20.2 Å². The number of amidine groups is 1. The molecule has 4 aromatic rings. The van der Waals surface area contributed by atoms with Crippen molar-refractivity contribution in [2.24, 2.45) is 10.1 Å². The van der Waals surface area contributed by atoms with Crippen LogP contribution in [-0.2, 0) is 11.0 Å². The van der Waals surface area contributed by atoms with E-state index in [9.17, 15) is 18.0 Å². The first-order valence-corrected chi connectivity index (χ1v) is 14.6. The maximum Gasteiger partial charge on any atom is 0.416 e. The van der Waals surface area contributed by atoms with Crippen LogP contribution < -0.4 is 10.3 Å². The van der Waals surface area contributed by atoms with E-state index in [1.807, 2.05) is 19.9 Å². The van der Waals surface area contributed by atoms with Gasteiger partial charge in [-0.15, -0.1) is 5.10 Å². The van der Waals surface area contributed by atoms with Gasteiger partial charge in [-0.1, -0.05) is 67.5 Å². The normalized spacial score (nSPS) is 14.8. The van der Waals surface area contributed by atoms with Gasteiger partial charge in [0.05, 0.1) is 28.9 Å². The number of nitrogens with one attached hydrogen (secondary N) is 1. The predicted octanol–water partition coefficient (Wildman–Crippen LogP) is 7.07. The van der Waals surface area contributed by atoms with Gasteiger partial charge >= 0.3 is 6.18 Å². The molecule has 0 spiro atoms. The quantitative estimate of drug-likeness (QED) is 0.138. The molecule has 3 aromatic carbocycles. The summed E-state index contributed by atoms with van der Waals surface area (Å²) in [5, 5.41) is 9.57. The molecule has 0 bridgehead atoms. The molecule has 0 aliphatic carbocycles. The monoisotopic (exact) mass is 641 g/mol. The number of halogens is 4. The van der Waals surface area contributed by atoms with Crippen LogP contribution in [0.1, 0.15) is 36.5 Å². The SMILES string of the molecule is CC(C)c1ccc(Cl)cc1N1C(=O)CSC1=NC(=S)N/N=C/c1ccc(-c2ncn(-c3ccc(C(F)(F)F)cc3)n2)cc1. The summed E-state index contributed by atoms with van der Waals surface area (Å²) in [7, 11) is 0. The zero-order chi connectivity index (χ0) is 30.7. The lowest BCUT2D eigenvalue weighted by Gasteiger charge is -2.22. The van der Waals surface area contributed by atoms with Crippen molar-refractivity contribution in [2.75, 3.05) is 10.7 Å². The van der Waals surface area contributed by atoms with E-state index in [-0.39, 0.29) is 22.7 Å². The van der Waals surface area contributed by atoms with E-state index >= 15 is 0 Å². The minimum absolute atomic E-state index is 0.0844. The van der Waals surface area contributed by atoms with E-state index in [2.05, 4.69) is 25.6 Å². The number of hydrazone groups is 1. The maximum atomic E-state index is 12.8. The molecule has 1 fully saturated rings. The van der Waals surface area contributed by atoms with E-state index in [1.165, 1.54) is 39.8 Å². The number of hydrogen-bond donors (Lipinski definition) is 1. The summed E-state index contributed by atoms with van der Waals surface area (Å²) in [6, 6.07) is 17.3. The van der Waals surface area contributed by atoms with Crippen LogP contribution in [0, 0.1) is 0 Å². The van der Waals surface area contributed by atoms with Gasteiger partial charge in [0, 0.05) is 10.6 Å². The number of rotatable bonds is 6. The summed E-state index contributed by atoms with van der Waals surface area (Å²) >= 11 is 12.9. The summed E-state index contributed by atoms with van der Waals surface area (Å²) in [6.07, 6.45) is -1.41. The topological polar surface area (TPSA) is 87.8 Å². The standard InChI is InChI=1S/C29H23ClF3N7OS2/c1-17(2)23-12-9-21(30)13-24(23)40-25(41)15-43-28(40)36-27(42)37-35-14-18-3-5-19(6-4-18)26-34-16-39(38-26)22-10-7-20(8-11-22)29(31,32)33/h3-14,16-17H,15H2,1-2H3,(H,37,42)/b35-14+,36-28?. The molecular weight excluding hydrogens is 619 g/mol. The Morgan fingerprint density at radius 2 is 1.84 bits per heavy atom. The lowest BCUT2D eigenvalue weighted by molar-refractivity contribution is -0.137. The second-order valence-electron chi connectivity index (χ2n) is 9.62. The second kappa shape index (κ2) is 12.7. The predicted molar refractivity (Wildman–Crippen MR) is 168 cm³/mol. The Hall–Kier alpha value is -4.07. The summed E-state index contributed by atoms with van der Waals surface area (Å²) in [5.41, 5.74) is 5.55. The lowest BCUT2D eigenvalue weighted by Crippen LogP contribution is -2.31. The summed E-state index contributed by atoms with van der Waals surface area (Å²) < 4.78 is 39.9. The Bertz CT molecular complexity index is 1720. The number of benzene rings is 3. The van der Waals surface area contributed by atoms with Gasteiger partial charge in [0.15, 0.2) is 11.0 Å². The Kier molecular flexibility index (Phi) is 8.95. The molecule has 14 heteroatoms. The molecule has 1 N–H and O–H groups in total. The van der Waals surface area contributed by atoms with Crippen molar-refractivity contribution in [3.8, 4) is 17.1 Å². The van der Waals surface area contributed by atoms with E-state index in [0.29, 0.717) is 33.0 Å². The van der Waals surface area contributed by atoms with Crippen LogP contribution in [0.4, 0.5) is 18.9 Å².